The quantitative estimate of drug-likeness (QED) is 0.680. The van der Waals surface area contributed by atoms with Crippen molar-refractivity contribution in [2.75, 3.05) is 25.0 Å². The second-order valence-corrected chi connectivity index (χ2v) is 8.89. The van der Waals surface area contributed by atoms with Crippen molar-refractivity contribution in [3.63, 3.8) is 0 Å². The summed E-state index contributed by atoms with van der Waals surface area (Å²) in [4.78, 5) is 14.8. The number of nitrogens with one attached hydrogen (secondary N) is 2. The third-order valence-electron chi connectivity index (χ3n) is 6.74. The van der Waals surface area contributed by atoms with Gasteiger partial charge in [0.05, 0.1) is 31.1 Å². The average molecular weight is 412 g/mol. The molecule has 0 radical (unpaired) electrons. The lowest BCUT2D eigenvalue weighted by Crippen LogP contribution is -2.42. The lowest BCUT2D eigenvalue weighted by molar-refractivity contribution is 0.171. The van der Waals surface area contributed by atoms with E-state index in [4.69, 9.17) is 5.11 Å². The third-order valence-corrected chi connectivity index (χ3v) is 6.74. The monoisotopic (exact) mass is 411 g/mol. The number of carbonyl (C=O) groups excluding carboxylic acids is 1. The number of carbonyl (C=O) groups is 1. The van der Waals surface area contributed by atoms with E-state index in [9.17, 15) is 4.79 Å². The van der Waals surface area contributed by atoms with Crippen LogP contribution in [0.25, 0.3) is 0 Å². The standard InChI is InChI=1S/C23H33N5O2/c1-18(19-5-3-2-4-6-19)25-22(30)27-12-11-23(17-27)9-7-20(8-10-23)26-21-15-24-28(16-21)13-14-29/h2-6,15-16,18,20,26,29H,7-14,17H2,1H3,(H,25,30)/t18-,20?,23?/m0/s1. The maximum atomic E-state index is 12.8. The molecule has 1 aliphatic heterocycles. The van der Waals surface area contributed by atoms with E-state index in [0.717, 1.165) is 56.4 Å². The van der Waals surface area contributed by atoms with Crippen molar-refractivity contribution in [3.8, 4) is 0 Å². The van der Waals surface area contributed by atoms with Crippen molar-refractivity contribution >= 4 is 11.7 Å². The fourth-order valence-electron chi connectivity index (χ4n) is 4.89. The highest BCUT2D eigenvalue weighted by atomic mass is 16.3. The predicted octanol–water partition coefficient (Wildman–Crippen LogP) is 3.39. The van der Waals surface area contributed by atoms with Gasteiger partial charge in [-0.25, -0.2) is 4.79 Å². The summed E-state index contributed by atoms with van der Waals surface area (Å²) in [5, 5.41) is 20.0. The molecule has 7 nitrogen and oxygen atoms in total. The van der Waals surface area contributed by atoms with Gasteiger partial charge in [0.15, 0.2) is 0 Å². The Morgan fingerprint density at radius 3 is 2.77 bits per heavy atom. The van der Waals surface area contributed by atoms with Crippen LogP contribution in [0.3, 0.4) is 0 Å². The topological polar surface area (TPSA) is 82.4 Å². The summed E-state index contributed by atoms with van der Waals surface area (Å²) in [5.41, 5.74) is 2.42. The molecule has 2 heterocycles. The lowest BCUT2D eigenvalue weighted by Gasteiger charge is -2.37. The van der Waals surface area contributed by atoms with Gasteiger partial charge in [0.25, 0.3) is 0 Å². The molecule has 1 saturated heterocycles. The van der Waals surface area contributed by atoms with Gasteiger partial charge in [-0.15, -0.1) is 0 Å². The maximum Gasteiger partial charge on any atom is 0.317 e. The fraction of sp³-hybridized carbons (Fsp3) is 0.565. The first kappa shape index (κ1) is 20.7. The van der Waals surface area contributed by atoms with Crippen LogP contribution in [0.15, 0.2) is 42.7 Å². The SMILES string of the molecule is C[C@H](NC(=O)N1CCC2(CCC(Nc3cnn(CCO)c3)CC2)C1)c1ccccc1. The number of benzene rings is 1. The number of anilines is 1. The summed E-state index contributed by atoms with van der Waals surface area (Å²) < 4.78 is 1.76. The second kappa shape index (κ2) is 9.08. The van der Waals surface area contributed by atoms with E-state index < -0.39 is 0 Å². The first-order chi connectivity index (χ1) is 14.6. The number of rotatable bonds is 6. The summed E-state index contributed by atoms with van der Waals surface area (Å²) in [7, 11) is 0. The Bertz CT molecular complexity index is 829. The molecule has 0 bridgehead atoms. The van der Waals surface area contributed by atoms with Gasteiger partial charge in [-0.3, -0.25) is 4.68 Å². The smallest absolute Gasteiger partial charge is 0.317 e. The van der Waals surface area contributed by atoms with Gasteiger partial charge >= 0.3 is 6.03 Å². The molecule has 3 N–H and O–H groups in total. The van der Waals surface area contributed by atoms with E-state index >= 15 is 0 Å². The number of amides is 2. The van der Waals surface area contributed by atoms with Gasteiger partial charge in [0.2, 0.25) is 0 Å². The van der Waals surface area contributed by atoms with E-state index in [-0.39, 0.29) is 24.1 Å². The molecule has 2 fully saturated rings. The van der Waals surface area contributed by atoms with Crippen LogP contribution in [0.2, 0.25) is 0 Å². The summed E-state index contributed by atoms with van der Waals surface area (Å²) in [6, 6.07) is 10.6. The minimum absolute atomic E-state index is 0.0157. The van der Waals surface area contributed by atoms with Crippen molar-refractivity contribution in [1.82, 2.24) is 20.0 Å². The molecule has 1 saturated carbocycles. The van der Waals surface area contributed by atoms with E-state index in [2.05, 4.69) is 27.9 Å². The van der Waals surface area contributed by atoms with Gasteiger partial charge in [0, 0.05) is 25.3 Å². The maximum absolute atomic E-state index is 12.8. The number of hydrogen-bond donors (Lipinski definition) is 3. The molecule has 1 aromatic carbocycles. The second-order valence-electron chi connectivity index (χ2n) is 8.89. The molecule has 2 amide bonds. The van der Waals surface area contributed by atoms with Crippen LogP contribution in [0.1, 0.15) is 50.6 Å². The van der Waals surface area contributed by atoms with E-state index in [0.29, 0.717) is 12.6 Å². The Kier molecular flexibility index (Phi) is 6.27. The van der Waals surface area contributed by atoms with Gasteiger partial charge < -0.3 is 20.6 Å². The van der Waals surface area contributed by atoms with Crippen LogP contribution in [-0.2, 0) is 6.54 Å². The normalized spacial score (nSPS) is 24.7. The molecule has 1 aliphatic carbocycles. The van der Waals surface area contributed by atoms with Crippen LogP contribution < -0.4 is 10.6 Å². The van der Waals surface area contributed by atoms with Crippen LogP contribution in [0.4, 0.5) is 10.5 Å². The van der Waals surface area contributed by atoms with Crippen LogP contribution >= 0.6 is 0 Å². The molecular weight excluding hydrogens is 378 g/mol. The average Bonchev–Trinajstić information content (AvgIpc) is 3.38. The Morgan fingerprint density at radius 1 is 1.27 bits per heavy atom. The van der Waals surface area contributed by atoms with Crippen LogP contribution in [0.5, 0.6) is 0 Å². The molecule has 1 atom stereocenters. The number of aliphatic hydroxyl groups is 1. The Labute approximate surface area is 178 Å². The van der Waals surface area contributed by atoms with E-state index in [1.54, 1.807) is 4.68 Å². The van der Waals surface area contributed by atoms with Gasteiger partial charge in [-0.2, -0.15) is 5.10 Å². The largest absolute Gasteiger partial charge is 0.394 e. The van der Waals surface area contributed by atoms with Gasteiger partial charge in [0.1, 0.15) is 0 Å². The van der Waals surface area contributed by atoms with Crippen LogP contribution in [0, 0.1) is 5.41 Å². The number of nitrogens with zero attached hydrogens (tertiary/aromatic N) is 3. The highest BCUT2D eigenvalue weighted by molar-refractivity contribution is 5.75. The van der Waals surface area contributed by atoms with Crippen molar-refractivity contribution in [2.45, 2.75) is 57.7 Å². The number of aromatic nitrogens is 2. The van der Waals surface area contributed by atoms with Crippen molar-refractivity contribution in [3.05, 3.63) is 48.3 Å². The highest BCUT2D eigenvalue weighted by Gasteiger charge is 2.42. The number of likely N-dealkylation sites (tertiary alicyclic amines) is 1. The molecule has 1 aromatic heterocycles. The highest BCUT2D eigenvalue weighted by Crippen LogP contribution is 2.44. The Morgan fingerprint density at radius 2 is 2.03 bits per heavy atom. The molecular formula is C23H33N5O2. The Balaban J connectivity index is 1.25. The first-order valence-electron chi connectivity index (χ1n) is 11.1. The van der Waals surface area contributed by atoms with E-state index in [1.165, 1.54) is 0 Å². The summed E-state index contributed by atoms with van der Waals surface area (Å²) in [5.74, 6) is 0. The molecule has 2 aromatic rings. The zero-order valence-electron chi connectivity index (χ0n) is 17.8. The number of urea groups is 1. The molecule has 7 heteroatoms. The number of aliphatic hydroxyl groups excluding tert-OH is 1. The summed E-state index contributed by atoms with van der Waals surface area (Å²) >= 11 is 0. The van der Waals surface area contributed by atoms with Crippen molar-refractivity contribution < 1.29 is 9.90 Å². The van der Waals surface area contributed by atoms with Crippen molar-refractivity contribution in [1.29, 1.82) is 0 Å². The van der Waals surface area contributed by atoms with Gasteiger partial charge in [-0.1, -0.05) is 30.3 Å². The minimum atomic E-state index is 0.0157. The van der Waals surface area contributed by atoms with Gasteiger partial charge in [-0.05, 0) is 50.0 Å². The minimum Gasteiger partial charge on any atom is -0.394 e. The zero-order valence-corrected chi connectivity index (χ0v) is 17.8. The first-order valence-corrected chi connectivity index (χ1v) is 11.1. The lowest BCUT2D eigenvalue weighted by atomic mass is 9.72. The predicted molar refractivity (Wildman–Crippen MR) is 117 cm³/mol. The van der Waals surface area contributed by atoms with Crippen LogP contribution in [-0.4, -0.2) is 51.6 Å². The van der Waals surface area contributed by atoms with E-state index in [1.807, 2.05) is 42.4 Å². The molecule has 1 spiro atoms. The third kappa shape index (κ3) is 4.78. The van der Waals surface area contributed by atoms with Crippen molar-refractivity contribution in [2.24, 2.45) is 5.41 Å². The molecule has 30 heavy (non-hydrogen) atoms. The molecule has 2 aliphatic rings. The number of hydrogen-bond acceptors (Lipinski definition) is 4. The Hall–Kier alpha value is -2.54. The zero-order chi connectivity index (χ0) is 21.0. The molecule has 0 unspecified atom stereocenters. The molecule has 4 rings (SSSR count). The summed E-state index contributed by atoms with van der Waals surface area (Å²) in [6.45, 7) is 4.37. The molecule has 162 valence electrons. The summed E-state index contributed by atoms with van der Waals surface area (Å²) in [6.07, 6.45) is 9.40. The fourth-order valence-corrected chi connectivity index (χ4v) is 4.89.